The van der Waals surface area contributed by atoms with Crippen molar-refractivity contribution in [3.63, 3.8) is 0 Å². The lowest BCUT2D eigenvalue weighted by atomic mass is 10.2. The van der Waals surface area contributed by atoms with Gasteiger partial charge in [-0.1, -0.05) is 23.2 Å². The van der Waals surface area contributed by atoms with E-state index in [0.717, 1.165) is 5.69 Å². The lowest BCUT2D eigenvalue weighted by Crippen LogP contribution is -2.20. The first kappa shape index (κ1) is 14.4. The fourth-order valence-electron chi connectivity index (χ4n) is 1.88. The second kappa shape index (κ2) is 5.99. The molecule has 0 unspecified atom stereocenters. The van der Waals surface area contributed by atoms with E-state index in [2.05, 4.69) is 9.97 Å². The zero-order valence-electron chi connectivity index (χ0n) is 11.2. The van der Waals surface area contributed by atoms with Crippen LogP contribution in [0.5, 0.6) is 0 Å². The molecule has 0 saturated heterocycles. The highest BCUT2D eigenvalue weighted by atomic mass is 16.6. The molecule has 0 bridgehead atoms. The Morgan fingerprint density at radius 3 is 2.43 bits per heavy atom. The summed E-state index contributed by atoms with van der Waals surface area (Å²) in [6, 6.07) is 9.46. The Morgan fingerprint density at radius 2 is 1.86 bits per heavy atom. The summed E-state index contributed by atoms with van der Waals surface area (Å²) in [5, 5.41) is 21.5. The molecule has 0 aliphatic rings. The maximum atomic E-state index is 10.9. The highest BCUT2D eigenvalue weighted by Crippen LogP contribution is 2.20. The summed E-state index contributed by atoms with van der Waals surface area (Å²) in [5.74, 6) is -1.04. The number of imidazole rings is 1. The summed E-state index contributed by atoms with van der Waals surface area (Å²) >= 11 is 0. The van der Waals surface area contributed by atoms with E-state index < -0.39 is 21.6 Å². The van der Waals surface area contributed by atoms with E-state index in [1.807, 2.05) is 42.3 Å². The van der Waals surface area contributed by atoms with Crippen molar-refractivity contribution in [3.05, 3.63) is 56.3 Å². The number of hydrogen-bond donors (Lipinski definition) is 1. The summed E-state index contributed by atoms with van der Waals surface area (Å²) in [4.78, 5) is 27.7. The Balaban J connectivity index is 2.12. The van der Waals surface area contributed by atoms with Gasteiger partial charge in [0.25, 0.3) is 0 Å². The van der Waals surface area contributed by atoms with E-state index in [9.17, 15) is 20.2 Å². The van der Waals surface area contributed by atoms with Gasteiger partial charge in [0.15, 0.2) is 0 Å². The van der Waals surface area contributed by atoms with Gasteiger partial charge in [-0.3, -0.25) is 0 Å². The zero-order valence-corrected chi connectivity index (χ0v) is 11.2. The van der Waals surface area contributed by atoms with Gasteiger partial charge in [-0.05, 0) is 22.0 Å². The van der Waals surface area contributed by atoms with Crippen molar-refractivity contribution in [1.82, 2.24) is 9.97 Å². The number of aromatic amines is 1. The van der Waals surface area contributed by atoms with E-state index in [-0.39, 0.29) is 12.1 Å². The van der Waals surface area contributed by atoms with Crippen molar-refractivity contribution in [2.45, 2.75) is 6.42 Å². The number of anilines is 1. The van der Waals surface area contributed by atoms with Crippen LogP contribution in [-0.2, 0) is 6.42 Å². The molecule has 2 aromatic rings. The van der Waals surface area contributed by atoms with E-state index >= 15 is 0 Å². The number of likely N-dealkylation sites (N-methyl/N-ethyl adjacent to an activating group) is 1. The average Bonchev–Trinajstić information content (AvgIpc) is 2.90. The van der Waals surface area contributed by atoms with Crippen LogP contribution in [0.3, 0.4) is 0 Å². The predicted molar refractivity (Wildman–Crippen MR) is 75.3 cm³/mol. The molecule has 9 nitrogen and oxygen atoms in total. The minimum atomic E-state index is -0.780. The first-order valence-corrected chi connectivity index (χ1v) is 6.13. The molecule has 9 heteroatoms. The standard InChI is InChI=1S/C12H13N5O4/c1-15(9-5-3-2-4-6-9)8-7-10-11(16(18)19)14-12(13-10)17(20)21/h2-6H,7-8H2,1H3,(H,13,14). The lowest BCUT2D eigenvalue weighted by Gasteiger charge is -2.17. The molecule has 110 valence electrons. The molecule has 0 spiro atoms. The van der Waals surface area contributed by atoms with Crippen LogP contribution >= 0.6 is 0 Å². The molecule has 0 amide bonds. The van der Waals surface area contributed by atoms with E-state index in [0.29, 0.717) is 6.54 Å². The van der Waals surface area contributed by atoms with Crippen molar-refractivity contribution < 1.29 is 9.85 Å². The maximum Gasteiger partial charge on any atom is 0.464 e. The summed E-state index contributed by atoms with van der Waals surface area (Å²) in [5.41, 5.74) is 1.03. The second-order valence-electron chi connectivity index (χ2n) is 4.38. The monoisotopic (exact) mass is 291 g/mol. The Hall–Kier alpha value is -2.97. The molecule has 0 fully saturated rings. The third-order valence-corrected chi connectivity index (χ3v) is 2.98. The van der Waals surface area contributed by atoms with Gasteiger partial charge in [-0.25, -0.2) is 0 Å². The number of rotatable bonds is 6. The van der Waals surface area contributed by atoms with Crippen LogP contribution in [-0.4, -0.2) is 33.4 Å². The topological polar surface area (TPSA) is 118 Å². The van der Waals surface area contributed by atoms with Crippen LogP contribution in [0, 0.1) is 20.2 Å². The fourth-order valence-corrected chi connectivity index (χ4v) is 1.88. The number of H-pyrrole nitrogens is 1. The minimum absolute atomic E-state index is 0.0782. The fraction of sp³-hybridized carbons (Fsp3) is 0.250. The largest absolute Gasteiger partial charge is 0.464 e. The SMILES string of the molecule is CN(CCc1nc([N+](=O)[O-])[nH]c1[N+](=O)[O-])c1ccccc1. The molecule has 1 heterocycles. The molecule has 0 aliphatic carbocycles. The summed E-state index contributed by atoms with van der Waals surface area (Å²) in [6.45, 7) is 0.451. The van der Waals surface area contributed by atoms with Gasteiger partial charge in [-0.15, -0.1) is 0 Å². The number of hydrogen-bond acceptors (Lipinski definition) is 6. The van der Waals surface area contributed by atoms with Crippen LogP contribution in [0.1, 0.15) is 5.69 Å². The first-order valence-electron chi connectivity index (χ1n) is 6.13. The van der Waals surface area contributed by atoms with Crippen molar-refractivity contribution in [2.24, 2.45) is 0 Å². The Labute approximate surface area is 119 Å². The molecule has 0 atom stereocenters. The molecule has 21 heavy (non-hydrogen) atoms. The van der Waals surface area contributed by atoms with Gasteiger partial charge in [0.1, 0.15) is 0 Å². The average molecular weight is 291 g/mol. The van der Waals surface area contributed by atoms with E-state index in [1.54, 1.807) is 0 Å². The number of aromatic nitrogens is 2. The highest BCUT2D eigenvalue weighted by molar-refractivity contribution is 5.45. The van der Waals surface area contributed by atoms with Crippen molar-refractivity contribution >= 4 is 17.5 Å². The smallest absolute Gasteiger partial charge is 0.389 e. The number of nitro groups is 2. The van der Waals surface area contributed by atoms with Gasteiger partial charge < -0.3 is 25.1 Å². The number of para-hydroxylation sites is 1. The maximum absolute atomic E-state index is 10.9. The Kier molecular flexibility index (Phi) is 4.12. The number of nitrogens with one attached hydrogen (secondary N) is 1. The number of nitrogens with zero attached hydrogens (tertiary/aromatic N) is 4. The normalized spacial score (nSPS) is 10.3. The highest BCUT2D eigenvalue weighted by Gasteiger charge is 2.26. The summed E-state index contributed by atoms with van der Waals surface area (Å²) in [6.07, 6.45) is 0.228. The van der Waals surface area contributed by atoms with Crippen molar-refractivity contribution in [2.75, 3.05) is 18.5 Å². The van der Waals surface area contributed by atoms with Crippen LogP contribution in [0.2, 0.25) is 0 Å². The predicted octanol–water partition coefficient (Wildman–Crippen LogP) is 1.91. The Morgan fingerprint density at radius 1 is 1.19 bits per heavy atom. The van der Waals surface area contributed by atoms with Crippen molar-refractivity contribution in [3.8, 4) is 0 Å². The van der Waals surface area contributed by atoms with Crippen LogP contribution < -0.4 is 4.90 Å². The lowest BCUT2D eigenvalue weighted by molar-refractivity contribution is -0.402. The van der Waals surface area contributed by atoms with E-state index in [4.69, 9.17) is 0 Å². The third kappa shape index (κ3) is 3.32. The molecule has 1 aromatic carbocycles. The molecule has 1 aromatic heterocycles. The summed E-state index contributed by atoms with van der Waals surface area (Å²) < 4.78 is 0. The molecular formula is C12H13N5O4. The van der Waals surface area contributed by atoms with Gasteiger partial charge in [0.2, 0.25) is 5.69 Å². The van der Waals surface area contributed by atoms with Gasteiger partial charge in [0, 0.05) is 25.7 Å². The quantitative estimate of drug-likeness (QED) is 0.641. The molecule has 1 N–H and O–H groups in total. The van der Waals surface area contributed by atoms with Crippen LogP contribution in [0.25, 0.3) is 0 Å². The molecular weight excluding hydrogens is 278 g/mol. The van der Waals surface area contributed by atoms with Gasteiger partial charge >= 0.3 is 11.8 Å². The molecule has 2 rings (SSSR count). The van der Waals surface area contributed by atoms with Crippen LogP contribution in [0.4, 0.5) is 17.5 Å². The summed E-state index contributed by atoms with van der Waals surface area (Å²) in [7, 11) is 1.84. The van der Waals surface area contributed by atoms with Gasteiger partial charge in [0.05, 0.1) is 0 Å². The third-order valence-electron chi connectivity index (χ3n) is 2.98. The second-order valence-corrected chi connectivity index (χ2v) is 4.38. The van der Waals surface area contributed by atoms with Gasteiger partial charge in [-0.2, -0.15) is 4.98 Å². The number of benzene rings is 1. The first-order chi connectivity index (χ1) is 9.99. The molecule has 0 aliphatic heterocycles. The zero-order chi connectivity index (χ0) is 15.4. The van der Waals surface area contributed by atoms with Crippen LogP contribution in [0.15, 0.2) is 30.3 Å². The van der Waals surface area contributed by atoms with E-state index in [1.165, 1.54) is 0 Å². The Bertz CT molecular complexity index is 655. The molecule has 0 radical (unpaired) electrons. The molecule has 0 saturated carbocycles. The van der Waals surface area contributed by atoms with Crippen molar-refractivity contribution in [1.29, 1.82) is 0 Å². The minimum Gasteiger partial charge on any atom is -0.389 e.